The highest BCUT2D eigenvalue weighted by Crippen LogP contribution is 2.17. The summed E-state index contributed by atoms with van der Waals surface area (Å²) in [5.74, 6) is 0.661. The molecule has 2 rings (SSSR count). The number of hydrogen-bond donors (Lipinski definition) is 0. The van der Waals surface area contributed by atoms with Crippen molar-refractivity contribution in [2.75, 3.05) is 0 Å². The number of nitrogens with zero attached hydrogens (tertiary/aromatic N) is 1. The largest absolute Gasteiger partial charge is 0.464 e. The number of halogens is 1. The van der Waals surface area contributed by atoms with Crippen LogP contribution in [0.1, 0.15) is 35.7 Å². The van der Waals surface area contributed by atoms with Gasteiger partial charge in [0.15, 0.2) is 0 Å². The van der Waals surface area contributed by atoms with Crippen LogP contribution in [-0.4, -0.2) is 16.8 Å². The number of benzene rings is 1. The summed E-state index contributed by atoms with van der Waals surface area (Å²) in [6.07, 6.45) is 0. The predicted octanol–water partition coefficient (Wildman–Crippen LogP) is 3.78. The highest BCUT2D eigenvalue weighted by atomic mass is 19.1. The zero-order valence-electron chi connectivity index (χ0n) is 11.9. The van der Waals surface area contributed by atoms with Gasteiger partial charge in [0.25, 0.3) is 5.91 Å². The van der Waals surface area contributed by atoms with E-state index in [9.17, 15) is 9.18 Å². The van der Waals surface area contributed by atoms with E-state index < -0.39 is 5.82 Å². The first-order valence-electron chi connectivity index (χ1n) is 6.60. The van der Waals surface area contributed by atoms with Gasteiger partial charge in [-0.15, -0.1) is 0 Å². The first kappa shape index (κ1) is 14.3. The molecule has 0 bridgehead atoms. The third-order valence-electron chi connectivity index (χ3n) is 3.11. The van der Waals surface area contributed by atoms with Crippen LogP contribution >= 0.6 is 0 Å². The molecule has 2 aromatic rings. The average molecular weight is 275 g/mol. The molecule has 0 radical (unpaired) electrons. The summed E-state index contributed by atoms with van der Waals surface area (Å²) in [7, 11) is 0. The lowest BCUT2D eigenvalue weighted by atomic mass is 10.1. The SMILES string of the molecule is Cc1ccc(CN(C(=O)c2ccccc2F)C(C)C)o1. The van der Waals surface area contributed by atoms with Gasteiger partial charge in [-0.05, 0) is 45.0 Å². The molecule has 1 aromatic heterocycles. The Morgan fingerprint density at radius 1 is 1.25 bits per heavy atom. The van der Waals surface area contributed by atoms with Gasteiger partial charge in [-0.3, -0.25) is 4.79 Å². The number of amides is 1. The van der Waals surface area contributed by atoms with E-state index in [4.69, 9.17) is 4.42 Å². The summed E-state index contributed by atoms with van der Waals surface area (Å²) >= 11 is 0. The maximum Gasteiger partial charge on any atom is 0.257 e. The molecule has 0 atom stereocenters. The molecule has 3 nitrogen and oxygen atoms in total. The van der Waals surface area contributed by atoms with Crippen molar-refractivity contribution in [2.24, 2.45) is 0 Å². The van der Waals surface area contributed by atoms with Crippen molar-refractivity contribution >= 4 is 5.91 Å². The minimum Gasteiger partial charge on any atom is -0.464 e. The van der Waals surface area contributed by atoms with E-state index in [1.165, 1.54) is 12.1 Å². The predicted molar refractivity (Wildman–Crippen MR) is 74.9 cm³/mol. The molecule has 0 saturated heterocycles. The van der Waals surface area contributed by atoms with E-state index in [1.807, 2.05) is 32.9 Å². The van der Waals surface area contributed by atoms with Gasteiger partial charge in [0.05, 0.1) is 12.1 Å². The zero-order chi connectivity index (χ0) is 14.7. The standard InChI is InChI=1S/C16H18FNO2/c1-11(2)18(10-13-9-8-12(3)20-13)16(19)14-6-4-5-7-15(14)17/h4-9,11H,10H2,1-3H3. The van der Waals surface area contributed by atoms with E-state index in [-0.39, 0.29) is 17.5 Å². The summed E-state index contributed by atoms with van der Waals surface area (Å²) in [5.41, 5.74) is 0.0875. The van der Waals surface area contributed by atoms with Crippen molar-refractivity contribution in [2.45, 2.75) is 33.4 Å². The second kappa shape index (κ2) is 5.90. The fourth-order valence-electron chi connectivity index (χ4n) is 2.02. The Hall–Kier alpha value is -2.10. The Morgan fingerprint density at radius 3 is 2.50 bits per heavy atom. The Kier molecular flexibility index (Phi) is 4.23. The zero-order valence-corrected chi connectivity index (χ0v) is 11.9. The van der Waals surface area contributed by atoms with Crippen molar-refractivity contribution < 1.29 is 13.6 Å². The summed E-state index contributed by atoms with van der Waals surface area (Å²) in [4.78, 5) is 14.1. The van der Waals surface area contributed by atoms with E-state index in [0.717, 1.165) is 5.76 Å². The Balaban J connectivity index is 2.25. The maximum atomic E-state index is 13.7. The molecule has 0 unspecified atom stereocenters. The molecule has 20 heavy (non-hydrogen) atoms. The minimum absolute atomic E-state index is 0.0486. The maximum absolute atomic E-state index is 13.7. The third-order valence-corrected chi connectivity index (χ3v) is 3.11. The van der Waals surface area contributed by atoms with E-state index in [2.05, 4.69) is 0 Å². The van der Waals surface area contributed by atoms with Crippen molar-refractivity contribution in [3.05, 3.63) is 59.3 Å². The molecular weight excluding hydrogens is 257 g/mol. The molecular formula is C16H18FNO2. The number of hydrogen-bond acceptors (Lipinski definition) is 2. The molecule has 1 amide bonds. The number of carbonyl (C=O) groups excluding carboxylic acids is 1. The smallest absolute Gasteiger partial charge is 0.257 e. The Labute approximate surface area is 118 Å². The highest BCUT2D eigenvalue weighted by molar-refractivity contribution is 5.94. The molecule has 0 N–H and O–H groups in total. The van der Waals surface area contributed by atoms with Crippen LogP contribution in [0.4, 0.5) is 4.39 Å². The van der Waals surface area contributed by atoms with Gasteiger partial charge in [0.1, 0.15) is 17.3 Å². The lowest BCUT2D eigenvalue weighted by Gasteiger charge is -2.26. The highest BCUT2D eigenvalue weighted by Gasteiger charge is 2.22. The molecule has 1 aromatic carbocycles. The molecule has 4 heteroatoms. The van der Waals surface area contributed by atoms with Crippen LogP contribution in [0.2, 0.25) is 0 Å². The fourth-order valence-corrected chi connectivity index (χ4v) is 2.02. The van der Waals surface area contributed by atoms with Crippen LogP contribution in [0.25, 0.3) is 0 Å². The first-order valence-corrected chi connectivity index (χ1v) is 6.60. The van der Waals surface area contributed by atoms with Crippen molar-refractivity contribution in [3.63, 3.8) is 0 Å². The quantitative estimate of drug-likeness (QED) is 0.850. The van der Waals surface area contributed by atoms with Crippen LogP contribution in [0.3, 0.4) is 0 Å². The second-order valence-corrected chi connectivity index (χ2v) is 5.02. The van der Waals surface area contributed by atoms with Gasteiger partial charge in [0, 0.05) is 6.04 Å². The Morgan fingerprint density at radius 2 is 1.95 bits per heavy atom. The number of rotatable bonds is 4. The third kappa shape index (κ3) is 3.07. The normalized spacial score (nSPS) is 10.8. The summed E-state index contributed by atoms with van der Waals surface area (Å²) < 4.78 is 19.2. The Bertz CT molecular complexity index is 604. The molecule has 0 spiro atoms. The molecule has 0 aliphatic rings. The van der Waals surface area contributed by atoms with Crippen LogP contribution in [-0.2, 0) is 6.54 Å². The molecule has 106 valence electrons. The number of aryl methyl sites for hydroxylation is 1. The topological polar surface area (TPSA) is 33.5 Å². The first-order chi connectivity index (χ1) is 9.49. The minimum atomic E-state index is -0.501. The summed E-state index contributed by atoms with van der Waals surface area (Å²) in [5, 5.41) is 0. The van der Waals surface area contributed by atoms with Gasteiger partial charge in [-0.2, -0.15) is 0 Å². The molecule has 0 aliphatic carbocycles. The van der Waals surface area contributed by atoms with Gasteiger partial charge in [0.2, 0.25) is 0 Å². The monoisotopic (exact) mass is 275 g/mol. The lowest BCUT2D eigenvalue weighted by molar-refractivity contribution is 0.0670. The van der Waals surface area contributed by atoms with Crippen LogP contribution in [0.5, 0.6) is 0 Å². The van der Waals surface area contributed by atoms with Crippen molar-refractivity contribution in [1.29, 1.82) is 0 Å². The number of furan rings is 1. The molecule has 0 fully saturated rings. The van der Waals surface area contributed by atoms with Gasteiger partial charge >= 0.3 is 0 Å². The molecule has 0 saturated carbocycles. The van der Waals surface area contributed by atoms with E-state index in [0.29, 0.717) is 12.3 Å². The van der Waals surface area contributed by atoms with E-state index in [1.54, 1.807) is 17.0 Å². The van der Waals surface area contributed by atoms with Gasteiger partial charge in [-0.1, -0.05) is 12.1 Å². The fraction of sp³-hybridized carbons (Fsp3) is 0.312. The van der Waals surface area contributed by atoms with Crippen LogP contribution in [0.15, 0.2) is 40.8 Å². The molecule has 0 aliphatic heterocycles. The van der Waals surface area contributed by atoms with Crippen LogP contribution < -0.4 is 0 Å². The average Bonchev–Trinajstić information content (AvgIpc) is 2.81. The molecule has 1 heterocycles. The lowest BCUT2D eigenvalue weighted by Crippen LogP contribution is -2.36. The van der Waals surface area contributed by atoms with Crippen molar-refractivity contribution in [1.82, 2.24) is 4.90 Å². The van der Waals surface area contributed by atoms with Crippen molar-refractivity contribution in [3.8, 4) is 0 Å². The van der Waals surface area contributed by atoms with E-state index >= 15 is 0 Å². The van der Waals surface area contributed by atoms with Gasteiger partial charge < -0.3 is 9.32 Å². The summed E-state index contributed by atoms with van der Waals surface area (Å²) in [6, 6.07) is 9.66. The van der Waals surface area contributed by atoms with Gasteiger partial charge in [-0.25, -0.2) is 4.39 Å². The summed E-state index contributed by atoms with van der Waals surface area (Å²) in [6.45, 7) is 5.98. The second-order valence-electron chi connectivity index (χ2n) is 5.02. The van der Waals surface area contributed by atoms with Crippen LogP contribution in [0, 0.1) is 12.7 Å². The number of carbonyl (C=O) groups is 1.